The SMILES string of the molecule is COc1cc(S(N)(=O)=O)cc([N+](=O)[O-])c1C#N. The number of hydrogen-bond donors (Lipinski definition) is 1. The van der Waals surface area contributed by atoms with Gasteiger partial charge in [-0.25, -0.2) is 13.6 Å². The van der Waals surface area contributed by atoms with Gasteiger partial charge in [0.2, 0.25) is 10.0 Å². The minimum atomic E-state index is -4.11. The average Bonchev–Trinajstić information content (AvgIpc) is 2.25. The molecule has 0 spiro atoms. The predicted molar refractivity (Wildman–Crippen MR) is 55.7 cm³/mol. The van der Waals surface area contributed by atoms with Crippen LogP contribution in [0.5, 0.6) is 5.75 Å². The van der Waals surface area contributed by atoms with Crippen molar-refractivity contribution in [2.24, 2.45) is 5.14 Å². The van der Waals surface area contributed by atoms with E-state index in [0.717, 1.165) is 19.2 Å². The molecule has 0 bridgehead atoms. The van der Waals surface area contributed by atoms with E-state index in [1.807, 2.05) is 0 Å². The van der Waals surface area contributed by atoms with Gasteiger partial charge in [0.05, 0.1) is 16.9 Å². The first-order chi connectivity index (χ1) is 7.81. The van der Waals surface area contributed by atoms with E-state index in [0.29, 0.717) is 0 Å². The highest BCUT2D eigenvalue weighted by Crippen LogP contribution is 2.30. The molecule has 0 heterocycles. The number of nitro benzene ring substituents is 1. The monoisotopic (exact) mass is 257 g/mol. The zero-order valence-electron chi connectivity index (χ0n) is 8.58. The van der Waals surface area contributed by atoms with Crippen molar-refractivity contribution in [3.63, 3.8) is 0 Å². The van der Waals surface area contributed by atoms with Crippen molar-refractivity contribution in [3.05, 3.63) is 27.8 Å². The first kappa shape index (κ1) is 12.9. The zero-order chi connectivity index (χ0) is 13.2. The first-order valence-electron chi connectivity index (χ1n) is 4.10. The Bertz CT molecular complexity index is 617. The molecule has 1 aromatic rings. The van der Waals surface area contributed by atoms with Gasteiger partial charge in [0.1, 0.15) is 11.8 Å². The van der Waals surface area contributed by atoms with Crippen LogP contribution >= 0.6 is 0 Å². The average molecular weight is 257 g/mol. The van der Waals surface area contributed by atoms with Gasteiger partial charge in [-0.3, -0.25) is 10.1 Å². The van der Waals surface area contributed by atoms with Crippen LogP contribution < -0.4 is 9.88 Å². The summed E-state index contributed by atoms with van der Waals surface area (Å²) in [6.45, 7) is 0. The summed E-state index contributed by atoms with van der Waals surface area (Å²) in [6.07, 6.45) is 0. The second kappa shape index (κ2) is 4.36. The Morgan fingerprint density at radius 3 is 2.47 bits per heavy atom. The quantitative estimate of drug-likeness (QED) is 0.603. The van der Waals surface area contributed by atoms with Crippen molar-refractivity contribution in [2.75, 3.05) is 7.11 Å². The van der Waals surface area contributed by atoms with Crippen LogP contribution in [-0.2, 0) is 10.0 Å². The molecular weight excluding hydrogens is 250 g/mol. The lowest BCUT2D eigenvalue weighted by Gasteiger charge is -2.05. The minimum Gasteiger partial charge on any atom is -0.495 e. The molecule has 0 radical (unpaired) electrons. The number of nitro groups is 1. The molecule has 8 nitrogen and oxygen atoms in total. The van der Waals surface area contributed by atoms with Crippen LogP contribution in [0.2, 0.25) is 0 Å². The Balaban J connectivity index is 3.71. The van der Waals surface area contributed by atoms with E-state index in [1.165, 1.54) is 0 Å². The fourth-order valence-corrected chi connectivity index (χ4v) is 1.71. The molecule has 0 saturated heterocycles. The maximum atomic E-state index is 11.1. The van der Waals surface area contributed by atoms with Crippen molar-refractivity contribution >= 4 is 15.7 Å². The Hall–Kier alpha value is -2.18. The number of rotatable bonds is 3. The van der Waals surface area contributed by atoms with Crippen molar-refractivity contribution < 1.29 is 18.1 Å². The number of benzene rings is 1. The fourth-order valence-electron chi connectivity index (χ4n) is 1.16. The van der Waals surface area contributed by atoms with Crippen LogP contribution in [0.3, 0.4) is 0 Å². The summed E-state index contributed by atoms with van der Waals surface area (Å²) in [5.74, 6) is -0.217. The summed E-state index contributed by atoms with van der Waals surface area (Å²) >= 11 is 0. The zero-order valence-corrected chi connectivity index (χ0v) is 9.39. The molecule has 0 aliphatic carbocycles. The normalized spacial score (nSPS) is 10.6. The van der Waals surface area contributed by atoms with Crippen LogP contribution in [0.4, 0.5) is 5.69 Å². The Morgan fingerprint density at radius 2 is 2.12 bits per heavy atom. The molecule has 2 N–H and O–H groups in total. The number of primary sulfonamides is 1. The van der Waals surface area contributed by atoms with Gasteiger partial charge in [-0.15, -0.1) is 0 Å². The van der Waals surface area contributed by atoms with E-state index in [4.69, 9.17) is 15.1 Å². The highest BCUT2D eigenvalue weighted by Gasteiger charge is 2.23. The van der Waals surface area contributed by atoms with Crippen molar-refractivity contribution in [1.82, 2.24) is 0 Å². The van der Waals surface area contributed by atoms with Gasteiger partial charge in [0.25, 0.3) is 5.69 Å². The van der Waals surface area contributed by atoms with E-state index >= 15 is 0 Å². The molecule has 0 aliphatic rings. The van der Waals surface area contributed by atoms with E-state index in [2.05, 4.69) is 0 Å². The lowest BCUT2D eigenvalue weighted by Crippen LogP contribution is -2.13. The van der Waals surface area contributed by atoms with Gasteiger partial charge in [-0.2, -0.15) is 5.26 Å². The summed E-state index contributed by atoms with van der Waals surface area (Å²) in [5.41, 5.74) is -1.03. The molecule has 17 heavy (non-hydrogen) atoms. The topological polar surface area (TPSA) is 136 Å². The van der Waals surface area contributed by atoms with Crippen LogP contribution in [-0.4, -0.2) is 20.5 Å². The molecule has 90 valence electrons. The molecule has 0 unspecified atom stereocenters. The summed E-state index contributed by atoms with van der Waals surface area (Å²) in [4.78, 5) is 9.33. The highest BCUT2D eigenvalue weighted by atomic mass is 32.2. The molecule has 0 aromatic heterocycles. The van der Waals surface area contributed by atoms with E-state index < -0.39 is 25.5 Å². The molecule has 0 atom stereocenters. The van der Waals surface area contributed by atoms with Gasteiger partial charge >= 0.3 is 0 Å². The third kappa shape index (κ3) is 2.49. The number of hydrogen-bond acceptors (Lipinski definition) is 6. The van der Waals surface area contributed by atoms with Crippen LogP contribution in [0.1, 0.15) is 5.56 Å². The number of methoxy groups -OCH3 is 1. The standard InChI is InChI=1S/C8H7N3O5S/c1-16-8-3-5(17(10,14)15)2-7(11(12)13)6(8)4-9/h2-3H,1H3,(H2,10,14,15). The van der Waals surface area contributed by atoms with Crippen molar-refractivity contribution in [3.8, 4) is 11.8 Å². The molecule has 0 fully saturated rings. The summed E-state index contributed by atoms with van der Waals surface area (Å²) in [7, 11) is -2.95. The van der Waals surface area contributed by atoms with Crippen molar-refractivity contribution in [1.29, 1.82) is 5.26 Å². The molecule has 0 saturated carbocycles. The van der Waals surface area contributed by atoms with Crippen LogP contribution in [0.25, 0.3) is 0 Å². The Morgan fingerprint density at radius 1 is 1.53 bits per heavy atom. The summed E-state index contributed by atoms with van der Waals surface area (Å²) < 4.78 is 26.9. The smallest absolute Gasteiger partial charge is 0.292 e. The third-order valence-corrected chi connectivity index (χ3v) is 2.80. The molecule has 1 aromatic carbocycles. The molecule has 1 rings (SSSR count). The molecular formula is C8H7N3O5S. The van der Waals surface area contributed by atoms with E-state index in [1.54, 1.807) is 6.07 Å². The van der Waals surface area contributed by atoms with Crippen LogP contribution in [0.15, 0.2) is 17.0 Å². The largest absolute Gasteiger partial charge is 0.495 e. The predicted octanol–water partition coefficient (Wildman–Crippen LogP) is 0.122. The second-order valence-corrected chi connectivity index (χ2v) is 4.50. The number of nitrogens with two attached hydrogens (primary N) is 1. The lowest BCUT2D eigenvalue weighted by molar-refractivity contribution is -0.385. The number of nitriles is 1. The van der Waals surface area contributed by atoms with E-state index in [9.17, 15) is 18.5 Å². The van der Waals surface area contributed by atoms with Crippen LogP contribution in [0, 0.1) is 21.4 Å². The van der Waals surface area contributed by atoms with Gasteiger partial charge < -0.3 is 4.74 Å². The van der Waals surface area contributed by atoms with Gasteiger partial charge in [-0.05, 0) is 0 Å². The maximum Gasteiger partial charge on any atom is 0.292 e. The third-order valence-electron chi connectivity index (χ3n) is 1.91. The van der Waals surface area contributed by atoms with Crippen molar-refractivity contribution in [2.45, 2.75) is 4.90 Å². The highest BCUT2D eigenvalue weighted by molar-refractivity contribution is 7.89. The molecule has 0 amide bonds. The molecule has 0 aliphatic heterocycles. The first-order valence-corrected chi connectivity index (χ1v) is 5.65. The second-order valence-electron chi connectivity index (χ2n) is 2.93. The molecule has 9 heteroatoms. The number of sulfonamides is 1. The summed E-state index contributed by atoms with van der Waals surface area (Å²) in [6, 6.07) is 3.25. The minimum absolute atomic E-state index is 0.217. The number of nitrogens with zero attached hydrogens (tertiary/aromatic N) is 2. The number of ether oxygens (including phenoxy) is 1. The Kier molecular flexibility index (Phi) is 3.31. The van der Waals surface area contributed by atoms with Gasteiger partial charge in [0, 0.05) is 12.1 Å². The lowest BCUT2D eigenvalue weighted by atomic mass is 10.2. The fraction of sp³-hybridized carbons (Fsp3) is 0.125. The van der Waals surface area contributed by atoms with E-state index in [-0.39, 0.29) is 11.3 Å². The van der Waals surface area contributed by atoms with Gasteiger partial charge in [0.15, 0.2) is 5.56 Å². The summed E-state index contributed by atoms with van der Waals surface area (Å²) in [5, 5.41) is 24.3. The Labute approximate surface area is 96.4 Å². The van der Waals surface area contributed by atoms with Gasteiger partial charge in [-0.1, -0.05) is 0 Å². The maximum absolute atomic E-state index is 11.1.